The maximum Gasteiger partial charge on any atom is 0.254 e. The zero-order valence-electron chi connectivity index (χ0n) is 20.9. The fraction of sp³-hybridized carbons (Fsp3) is 0.267. The van der Waals surface area contributed by atoms with E-state index < -0.39 is 0 Å². The van der Waals surface area contributed by atoms with E-state index in [-0.39, 0.29) is 11.9 Å². The van der Waals surface area contributed by atoms with E-state index in [0.29, 0.717) is 35.3 Å². The van der Waals surface area contributed by atoms with Crippen LogP contribution in [0, 0.1) is 0 Å². The minimum absolute atomic E-state index is 0.0426. The third-order valence-corrected chi connectivity index (χ3v) is 7.48. The number of hydrogen-bond donors (Lipinski definition) is 1. The van der Waals surface area contributed by atoms with Gasteiger partial charge in [0, 0.05) is 55.9 Å². The van der Waals surface area contributed by atoms with Crippen molar-refractivity contribution in [3.63, 3.8) is 0 Å². The van der Waals surface area contributed by atoms with Gasteiger partial charge < -0.3 is 15.0 Å². The van der Waals surface area contributed by atoms with Gasteiger partial charge in [-0.3, -0.25) is 9.78 Å². The van der Waals surface area contributed by atoms with Crippen molar-refractivity contribution in [2.24, 2.45) is 0 Å². The Bertz CT molecular complexity index is 1440. The highest BCUT2D eigenvalue weighted by Gasteiger charge is 2.28. The van der Waals surface area contributed by atoms with Gasteiger partial charge >= 0.3 is 0 Å². The van der Waals surface area contributed by atoms with Crippen LogP contribution in [0.2, 0.25) is 5.02 Å². The number of hydrogen-bond acceptors (Lipinski definition) is 6. The third kappa shape index (κ3) is 5.26. The van der Waals surface area contributed by atoms with E-state index in [1.165, 1.54) is 5.56 Å². The minimum atomic E-state index is 0.0426. The number of carbonyl (C=O) groups is 1. The van der Waals surface area contributed by atoms with E-state index in [2.05, 4.69) is 44.5 Å². The van der Waals surface area contributed by atoms with Crippen molar-refractivity contribution in [2.75, 3.05) is 25.1 Å². The van der Waals surface area contributed by atoms with E-state index >= 15 is 0 Å². The molecule has 1 amide bonds. The van der Waals surface area contributed by atoms with E-state index in [0.717, 1.165) is 54.7 Å². The normalized spacial score (nSPS) is 15.5. The van der Waals surface area contributed by atoms with Crippen LogP contribution < -0.4 is 5.32 Å². The second kappa shape index (κ2) is 10.9. The average Bonchev–Trinajstić information content (AvgIpc) is 3.29. The molecule has 0 aliphatic carbocycles. The topological polar surface area (TPSA) is 80.2 Å². The zero-order chi connectivity index (χ0) is 25.9. The van der Waals surface area contributed by atoms with Crippen molar-refractivity contribution >= 4 is 23.5 Å². The number of carbonyl (C=O) groups excluding carboxylic acids is 1. The quantitative estimate of drug-likeness (QED) is 0.336. The SMILES string of the molecule is O=C1c2cc(-c3nc(NC4CCOCC4)ncc3Cl)ccc2CN1CCc1ccc(-c2ccncc2)cc1. The second-order valence-corrected chi connectivity index (χ2v) is 10.1. The number of benzene rings is 2. The summed E-state index contributed by atoms with van der Waals surface area (Å²) in [6, 6.07) is 18.7. The van der Waals surface area contributed by atoms with E-state index in [1.807, 2.05) is 35.2 Å². The number of anilines is 1. The Morgan fingerprint density at radius 3 is 2.50 bits per heavy atom. The Labute approximate surface area is 226 Å². The molecule has 2 aliphatic rings. The molecule has 0 unspecified atom stereocenters. The summed E-state index contributed by atoms with van der Waals surface area (Å²) in [5.41, 5.74) is 6.67. The Kier molecular flexibility index (Phi) is 7.03. The van der Waals surface area contributed by atoms with E-state index in [1.54, 1.807) is 18.6 Å². The first-order chi connectivity index (χ1) is 18.6. The minimum Gasteiger partial charge on any atom is -0.381 e. The maximum atomic E-state index is 13.3. The van der Waals surface area contributed by atoms with Gasteiger partial charge in [0.1, 0.15) is 0 Å². The number of halogens is 1. The molecule has 4 heterocycles. The molecule has 1 saturated heterocycles. The van der Waals surface area contributed by atoms with Crippen LogP contribution in [-0.4, -0.2) is 51.6 Å². The number of nitrogens with one attached hydrogen (secondary N) is 1. The molecule has 8 heteroatoms. The van der Waals surface area contributed by atoms with Gasteiger partial charge in [0.2, 0.25) is 5.95 Å². The molecule has 7 nitrogen and oxygen atoms in total. The molecule has 0 atom stereocenters. The second-order valence-electron chi connectivity index (χ2n) is 9.70. The van der Waals surface area contributed by atoms with E-state index in [4.69, 9.17) is 16.3 Å². The summed E-state index contributed by atoms with van der Waals surface area (Å²) in [5.74, 6) is 0.584. The van der Waals surface area contributed by atoms with Crippen molar-refractivity contribution in [3.05, 3.63) is 94.9 Å². The van der Waals surface area contributed by atoms with Crippen LogP contribution in [0.1, 0.15) is 34.3 Å². The van der Waals surface area contributed by atoms with Crippen molar-refractivity contribution < 1.29 is 9.53 Å². The van der Waals surface area contributed by atoms with Crippen LogP contribution >= 0.6 is 11.6 Å². The molecule has 1 fully saturated rings. The molecule has 0 radical (unpaired) electrons. The van der Waals surface area contributed by atoms with Crippen LogP contribution in [0.3, 0.4) is 0 Å². The van der Waals surface area contributed by atoms with Gasteiger partial charge in [0.15, 0.2) is 0 Å². The first-order valence-electron chi connectivity index (χ1n) is 12.9. The Hall–Kier alpha value is -3.81. The lowest BCUT2D eigenvalue weighted by Gasteiger charge is -2.23. The zero-order valence-corrected chi connectivity index (χ0v) is 21.7. The Morgan fingerprint density at radius 2 is 1.71 bits per heavy atom. The summed E-state index contributed by atoms with van der Waals surface area (Å²) in [5, 5.41) is 3.85. The molecular formula is C30H28ClN5O2. The highest BCUT2D eigenvalue weighted by molar-refractivity contribution is 6.33. The van der Waals surface area contributed by atoms with Gasteiger partial charge in [-0.1, -0.05) is 48.0 Å². The van der Waals surface area contributed by atoms with Crippen LogP contribution in [0.4, 0.5) is 5.95 Å². The predicted molar refractivity (Wildman–Crippen MR) is 148 cm³/mol. The molecular weight excluding hydrogens is 498 g/mol. The summed E-state index contributed by atoms with van der Waals surface area (Å²) in [4.78, 5) is 28.3. The number of rotatable bonds is 7. The number of ether oxygens (including phenoxy) is 1. The smallest absolute Gasteiger partial charge is 0.254 e. The molecule has 6 rings (SSSR count). The molecule has 0 bridgehead atoms. The number of amides is 1. The summed E-state index contributed by atoms with van der Waals surface area (Å²) in [6.07, 6.45) is 7.84. The maximum absolute atomic E-state index is 13.3. The molecule has 1 N–H and O–H groups in total. The number of fused-ring (bicyclic) bond motifs is 1. The summed E-state index contributed by atoms with van der Waals surface area (Å²) >= 11 is 6.49. The molecule has 38 heavy (non-hydrogen) atoms. The number of aromatic nitrogens is 3. The first-order valence-corrected chi connectivity index (χ1v) is 13.3. The summed E-state index contributed by atoms with van der Waals surface area (Å²) < 4.78 is 5.43. The predicted octanol–water partition coefficient (Wildman–Crippen LogP) is 5.65. The van der Waals surface area contributed by atoms with Gasteiger partial charge in [0.25, 0.3) is 5.91 Å². The van der Waals surface area contributed by atoms with Crippen LogP contribution in [-0.2, 0) is 17.7 Å². The van der Waals surface area contributed by atoms with Crippen molar-refractivity contribution in [1.82, 2.24) is 19.9 Å². The van der Waals surface area contributed by atoms with E-state index in [9.17, 15) is 4.79 Å². The molecule has 0 spiro atoms. The molecule has 2 aliphatic heterocycles. The summed E-state index contributed by atoms with van der Waals surface area (Å²) in [7, 11) is 0. The molecule has 2 aromatic carbocycles. The fourth-order valence-electron chi connectivity index (χ4n) is 5.02. The highest BCUT2D eigenvalue weighted by Crippen LogP contribution is 2.32. The van der Waals surface area contributed by atoms with Gasteiger partial charge in [-0.25, -0.2) is 9.97 Å². The van der Waals surface area contributed by atoms with Crippen molar-refractivity contribution in [2.45, 2.75) is 31.8 Å². The van der Waals surface area contributed by atoms with Crippen LogP contribution in [0.25, 0.3) is 22.4 Å². The van der Waals surface area contributed by atoms with Gasteiger partial charge in [-0.2, -0.15) is 0 Å². The lowest BCUT2D eigenvalue weighted by Crippen LogP contribution is -2.28. The van der Waals surface area contributed by atoms with Gasteiger partial charge in [-0.05, 0) is 59.7 Å². The monoisotopic (exact) mass is 525 g/mol. The van der Waals surface area contributed by atoms with Crippen molar-refractivity contribution in [1.29, 1.82) is 0 Å². The van der Waals surface area contributed by atoms with Crippen LogP contribution in [0.5, 0.6) is 0 Å². The molecule has 4 aromatic rings. The standard InChI is InChI=1S/C30H28ClN5O2/c31-27-18-33-30(34-25-10-15-38-16-11-25)35-28(27)23-5-6-24-19-36(29(37)26(24)17-23)14-9-20-1-3-21(4-2-20)22-7-12-32-13-8-22/h1-8,12-13,17-18,25H,9-11,14-16,19H2,(H,33,34,35). The van der Waals surface area contributed by atoms with Crippen molar-refractivity contribution in [3.8, 4) is 22.4 Å². The largest absolute Gasteiger partial charge is 0.381 e. The lowest BCUT2D eigenvalue weighted by molar-refractivity contribution is 0.0780. The number of nitrogens with zero attached hydrogens (tertiary/aromatic N) is 4. The summed E-state index contributed by atoms with van der Waals surface area (Å²) in [6.45, 7) is 2.74. The highest BCUT2D eigenvalue weighted by atomic mass is 35.5. The lowest BCUT2D eigenvalue weighted by atomic mass is 10.0. The van der Waals surface area contributed by atoms with Gasteiger partial charge in [0.05, 0.1) is 16.9 Å². The number of pyridine rings is 1. The van der Waals surface area contributed by atoms with Gasteiger partial charge in [-0.15, -0.1) is 0 Å². The Balaban J connectivity index is 1.13. The Morgan fingerprint density at radius 1 is 0.974 bits per heavy atom. The molecule has 2 aromatic heterocycles. The van der Waals surface area contributed by atoms with Crippen LogP contribution in [0.15, 0.2) is 73.2 Å². The molecule has 0 saturated carbocycles. The first kappa shape index (κ1) is 24.5. The fourth-order valence-corrected chi connectivity index (χ4v) is 5.23. The molecule has 192 valence electrons. The average molecular weight is 526 g/mol. The third-order valence-electron chi connectivity index (χ3n) is 7.20.